The minimum absolute atomic E-state index is 0.331. The first-order chi connectivity index (χ1) is 6.72. The third-order valence-electron chi connectivity index (χ3n) is 2.59. The highest BCUT2D eigenvalue weighted by molar-refractivity contribution is 6.35. The summed E-state index contributed by atoms with van der Waals surface area (Å²) in [6.07, 6.45) is 3.81. The van der Waals surface area contributed by atoms with Gasteiger partial charge in [0.05, 0.1) is 0 Å². The van der Waals surface area contributed by atoms with Crippen molar-refractivity contribution >= 4 is 23.2 Å². The molecule has 14 heavy (non-hydrogen) atoms. The summed E-state index contributed by atoms with van der Waals surface area (Å²) in [5.74, 6) is 1.74. The van der Waals surface area contributed by atoms with Gasteiger partial charge >= 0.3 is 0 Å². The Hall–Kier alpha value is -1.03. The van der Waals surface area contributed by atoms with Crippen molar-refractivity contribution in [3.8, 4) is 0 Å². The van der Waals surface area contributed by atoms with E-state index in [0.29, 0.717) is 22.7 Å². The largest absolute Gasteiger partial charge is 0.382 e. The van der Waals surface area contributed by atoms with Crippen molar-refractivity contribution in [1.29, 1.82) is 0 Å². The Morgan fingerprint density at radius 1 is 1.64 bits per heavy atom. The number of nitrogens with zero attached hydrogens (tertiary/aromatic N) is 2. The molecule has 0 aromatic carbocycles. The number of nitrogens with one attached hydrogen (secondary N) is 1. The van der Waals surface area contributed by atoms with Gasteiger partial charge in [0.25, 0.3) is 0 Å². The molecule has 1 fully saturated rings. The molecule has 3 N–H and O–H groups in total. The lowest BCUT2D eigenvalue weighted by molar-refractivity contribution is 0.773. The van der Waals surface area contributed by atoms with Gasteiger partial charge in [-0.2, -0.15) is 0 Å². The van der Waals surface area contributed by atoms with Gasteiger partial charge in [0, 0.05) is 6.04 Å². The van der Waals surface area contributed by atoms with Crippen LogP contribution >= 0.6 is 11.6 Å². The number of rotatable bonds is 3. The van der Waals surface area contributed by atoms with Gasteiger partial charge in [-0.3, -0.25) is 0 Å². The first kappa shape index (κ1) is 9.52. The molecule has 1 heterocycles. The van der Waals surface area contributed by atoms with E-state index < -0.39 is 0 Å². The van der Waals surface area contributed by atoms with Crippen LogP contribution < -0.4 is 11.1 Å². The maximum Gasteiger partial charge on any atom is 0.150 e. The molecule has 2 unspecified atom stereocenters. The average Bonchev–Trinajstić information content (AvgIpc) is 2.92. The molecule has 2 rings (SSSR count). The van der Waals surface area contributed by atoms with E-state index >= 15 is 0 Å². The molecule has 1 aromatic rings. The number of aromatic nitrogens is 2. The fourth-order valence-electron chi connectivity index (χ4n) is 1.54. The first-order valence-electron chi connectivity index (χ1n) is 4.75. The predicted octanol–water partition coefficient (Wildman–Crippen LogP) is 1.92. The van der Waals surface area contributed by atoms with Crippen molar-refractivity contribution in [3.05, 3.63) is 11.3 Å². The minimum atomic E-state index is 0.331. The third kappa shape index (κ3) is 1.75. The zero-order valence-corrected chi connectivity index (χ0v) is 8.75. The van der Waals surface area contributed by atoms with Crippen molar-refractivity contribution < 1.29 is 0 Å². The van der Waals surface area contributed by atoms with Gasteiger partial charge in [0.1, 0.15) is 17.2 Å². The SMILES string of the molecule is CCC1CC1Nc1ncnc(N)c1Cl. The van der Waals surface area contributed by atoms with E-state index in [1.165, 1.54) is 19.2 Å². The lowest BCUT2D eigenvalue weighted by atomic mass is 10.3. The number of halogens is 1. The lowest BCUT2D eigenvalue weighted by Crippen LogP contribution is -2.08. The van der Waals surface area contributed by atoms with Crippen LogP contribution in [0.5, 0.6) is 0 Å². The Bertz CT molecular complexity index is 342. The van der Waals surface area contributed by atoms with Crippen LogP contribution in [0.1, 0.15) is 19.8 Å². The van der Waals surface area contributed by atoms with E-state index in [1.54, 1.807) is 0 Å². The average molecular weight is 213 g/mol. The monoisotopic (exact) mass is 212 g/mol. The summed E-state index contributed by atoms with van der Waals surface area (Å²) in [4.78, 5) is 7.85. The molecule has 1 aliphatic rings. The summed E-state index contributed by atoms with van der Waals surface area (Å²) in [7, 11) is 0. The molecule has 2 atom stereocenters. The molecule has 1 saturated carbocycles. The molecule has 4 nitrogen and oxygen atoms in total. The first-order valence-corrected chi connectivity index (χ1v) is 5.12. The lowest BCUT2D eigenvalue weighted by Gasteiger charge is -2.06. The third-order valence-corrected chi connectivity index (χ3v) is 2.96. The highest BCUT2D eigenvalue weighted by atomic mass is 35.5. The van der Waals surface area contributed by atoms with Crippen LogP contribution in [0.2, 0.25) is 5.02 Å². The molecule has 1 aliphatic carbocycles. The number of nitrogen functional groups attached to an aromatic ring is 1. The van der Waals surface area contributed by atoms with Gasteiger partial charge in [0.15, 0.2) is 5.82 Å². The normalized spacial score (nSPS) is 24.7. The van der Waals surface area contributed by atoms with Crippen LogP contribution in [-0.2, 0) is 0 Å². The molecule has 0 amide bonds. The van der Waals surface area contributed by atoms with E-state index in [-0.39, 0.29) is 0 Å². The van der Waals surface area contributed by atoms with Crippen LogP contribution in [-0.4, -0.2) is 16.0 Å². The molecule has 0 radical (unpaired) electrons. The van der Waals surface area contributed by atoms with Gasteiger partial charge in [-0.15, -0.1) is 0 Å². The molecular weight excluding hydrogens is 200 g/mol. The fourth-order valence-corrected chi connectivity index (χ4v) is 1.69. The Morgan fingerprint density at radius 2 is 2.43 bits per heavy atom. The second-order valence-corrected chi connectivity index (χ2v) is 3.95. The molecule has 5 heteroatoms. The predicted molar refractivity (Wildman–Crippen MR) is 57.3 cm³/mol. The van der Waals surface area contributed by atoms with Crippen molar-refractivity contribution in [1.82, 2.24) is 9.97 Å². The van der Waals surface area contributed by atoms with Gasteiger partial charge in [-0.05, 0) is 12.3 Å². The van der Waals surface area contributed by atoms with E-state index in [0.717, 1.165) is 5.92 Å². The highest BCUT2D eigenvalue weighted by Gasteiger charge is 2.35. The van der Waals surface area contributed by atoms with Crippen LogP contribution in [0.3, 0.4) is 0 Å². The van der Waals surface area contributed by atoms with Crippen LogP contribution in [0, 0.1) is 5.92 Å². The van der Waals surface area contributed by atoms with Crippen molar-refractivity contribution in [2.45, 2.75) is 25.8 Å². The van der Waals surface area contributed by atoms with E-state index in [9.17, 15) is 0 Å². The van der Waals surface area contributed by atoms with Gasteiger partial charge in [0.2, 0.25) is 0 Å². The molecule has 76 valence electrons. The molecule has 0 bridgehead atoms. The fraction of sp³-hybridized carbons (Fsp3) is 0.556. The summed E-state index contributed by atoms with van der Waals surface area (Å²) in [5.41, 5.74) is 5.56. The van der Waals surface area contributed by atoms with Gasteiger partial charge in [-0.1, -0.05) is 24.9 Å². The summed E-state index contributed by atoms with van der Waals surface area (Å²) < 4.78 is 0. The summed E-state index contributed by atoms with van der Waals surface area (Å²) >= 11 is 5.94. The molecular formula is C9H13ClN4. The summed E-state index contributed by atoms with van der Waals surface area (Å²) in [6, 6.07) is 0.506. The van der Waals surface area contributed by atoms with E-state index in [4.69, 9.17) is 17.3 Å². The van der Waals surface area contributed by atoms with Crippen LogP contribution in [0.15, 0.2) is 6.33 Å². The van der Waals surface area contributed by atoms with Gasteiger partial charge < -0.3 is 11.1 Å². The van der Waals surface area contributed by atoms with Crippen LogP contribution in [0.4, 0.5) is 11.6 Å². The Labute approximate surface area is 87.9 Å². The zero-order chi connectivity index (χ0) is 10.1. The van der Waals surface area contributed by atoms with E-state index in [1.807, 2.05) is 0 Å². The second kappa shape index (κ2) is 3.61. The molecule has 0 spiro atoms. The minimum Gasteiger partial charge on any atom is -0.382 e. The smallest absolute Gasteiger partial charge is 0.150 e. The number of hydrogen-bond acceptors (Lipinski definition) is 4. The van der Waals surface area contributed by atoms with Crippen molar-refractivity contribution in [2.75, 3.05) is 11.1 Å². The van der Waals surface area contributed by atoms with Crippen LogP contribution in [0.25, 0.3) is 0 Å². The Kier molecular flexibility index (Phi) is 2.46. The quantitative estimate of drug-likeness (QED) is 0.804. The molecule has 0 aliphatic heterocycles. The maximum atomic E-state index is 5.94. The van der Waals surface area contributed by atoms with Crippen molar-refractivity contribution in [2.24, 2.45) is 5.92 Å². The maximum absolute atomic E-state index is 5.94. The Morgan fingerprint density at radius 3 is 3.07 bits per heavy atom. The molecule has 1 aromatic heterocycles. The number of hydrogen-bond donors (Lipinski definition) is 2. The standard InChI is InChI=1S/C9H13ClN4/c1-2-5-3-6(5)14-9-7(10)8(11)12-4-13-9/h4-6H,2-3H2,1H3,(H3,11,12,13,14). The topological polar surface area (TPSA) is 63.8 Å². The zero-order valence-electron chi connectivity index (χ0n) is 8.00. The van der Waals surface area contributed by atoms with Crippen molar-refractivity contribution in [3.63, 3.8) is 0 Å². The van der Waals surface area contributed by atoms with E-state index in [2.05, 4.69) is 22.2 Å². The summed E-state index contributed by atoms with van der Waals surface area (Å²) in [5, 5.41) is 3.69. The highest BCUT2D eigenvalue weighted by Crippen LogP contribution is 2.37. The van der Waals surface area contributed by atoms with Gasteiger partial charge in [-0.25, -0.2) is 9.97 Å². The Balaban J connectivity index is 2.07. The second-order valence-electron chi connectivity index (χ2n) is 3.58. The summed E-state index contributed by atoms with van der Waals surface area (Å²) in [6.45, 7) is 2.18. The molecule has 0 saturated heterocycles. The number of anilines is 2. The number of nitrogens with two attached hydrogens (primary N) is 1.